The minimum absolute atomic E-state index is 0.0121. The number of rotatable bonds is 95. The van der Waals surface area contributed by atoms with Crippen LogP contribution in [0.15, 0.2) is 0 Å². The second-order valence-electron chi connectivity index (χ2n) is 35.2. The van der Waals surface area contributed by atoms with Gasteiger partial charge in [-0.05, 0) is 57.8 Å². The van der Waals surface area contributed by atoms with Crippen LogP contribution in [0.3, 0.4) is 0 Å². The summed E-state index contributed by atoms with van der Waals surface area (Å²) in [6.45, 7) is 18.6. The zero-order valence-corrected chi connectivity index (χ0v) is 87.0. The van der Waals surface area contributed by atoms with Gasteiger partial charge in [0.2, 0.25) is 88.6 Å². The van der Waals surface area contributed by atoms with Crippen LogP contribution in [0.4, 0.5) is 4.79 Å². The molecule has 17 amide bonds. The molecule has 45 heteroatoms. The highest BCUT2D eigenvalue weighted by Crippen LogP contribution is 2.09. The van der Waals surface area contributed by atoms with Crippen molar-refractivity contribution in [2.24, 2.45) is 11.5 Å². The largest absolute Gasteiger partial charge is 0.356 e. The summed E-state index contributed by atoms with van der Waals surface area (Å²) in [6.07, 6.45) is 15.5. The van der Waals surface area contributed by atoms with Crippen LogP contribution in [0.1, 0.15) is 247 Å². The number of nitrogens with one attached hydrogen (secondary N) is 16. The molecule has 0 aromatic rings. The van der Waals surface area contributed by atoms with Gasteiger partial charge in [0, 0.05) is 390 Å². The number of carbonyl (C=O) groups is 20. The molecule has 45 nitrogen and oxygen atoms in total. The van der Waals surface area contributed by atoms with E-state index in [1.807, 2.05) is 66.0 Å². The number of hydrogen-bond donors (Lipinski definition) is 18. The maximum absolute atomic E-state index is 13.7. The van der Waals surface area contributed by atoms with Crippen LogP contribution in [-0.2, 0) is 91.1 Å². The molecule has 0 fully saturated rings. The molecule has 0 saturated heterocycles. The standard InChI is InChI=1S/C98H179N25O20/c1-8-18-79(124)24-15-25-82(127)28-60-118(63-33-88(133)103-45-41-99)73-53-110-93(138)36-70-122(71-39-96(141)115-58-78-123(98(143)116-52-51-107-85(130)23-13-6)72-40-97(142)109-50-48-106-84(129)22-12-5)77-55-112-92(137)30-62-117(59-14-7)61-29-91(136)111-54-76-121(68-37-94(139)113-56-74-119(66-34-89(134)104-46-42-100)64-31-86(131)101-43-16-26-80(125)19-9-2)69-38-95(140)114-57-75-120(65-32-87(132)102-44-17-27-81(126)20-10-3)67-35-90(135)108-49-47-105-83(128)21-11-4/h7H,8-13,15-78,99-100H2,1-6H3,(H,101,131)(H,102,132)(H,103,133)(H,104,134)(H,105,128)(H,106,129)(H,107,130)(H,108,135)(H,109,142)(H,110,138)(H,111,136)(H,112,137)(H,113,139)(H,114,140)(H,115,141)(H,116,143). The number of nitrogens with two attached hydrogens (primary N) is 2. The molecule has 0 saturated carbocycles. The second-order valence-corrected chi connectivity index (χ2v) is 35.2. The van der Waals surface area contributed by atoms with Gasteiger partial charge in [0.05, 0.1) is 6.54 Å². The highest BCUT2D eigenvalue weighted by molar-refractivity contribution is 5.85. The van der Waals surface area contributed by atoms with E-state index in [0.29, 0.717) is 136 Å². The first-order valence-corrected chi connectivity index (χ1v) is 52.1. The third-order valence-electron chi connectivity index (χ3n) is 22.6. The molecule has 143 heavy (non-hydrogen) atoms. The Morgan fingerprint density at radius 3 is 0.622 bits per heavy atom. The Labute approximate surface area is 848 Å². The maximum Gasteiger partial charge on any atom is 0.317 e. The molecule has 0 radical (unpaired) electrons. The molecule has 0 atom stereocenters. The van der Waals surface area contributed by atoms with Crippen LogP contribution in [0.25, 0.3) is 0 Å². The van der Waals surface area contributed by atoms with Gasteiger partial charge in [0.25, 0.3) is 0 Å². The van der Waals surface area contributed by atoms with Gasteiger partial charge in [-0.25, -0.2) is 4.79 Å². The summed E-state index contributed by atoms with van der Waals surface area (Å²) in [7, 11) is 0. The van der Waals surface area contributed by atoms with E-state index in [0.717, 1.165) is 19.3 Å². The highest BCUT2D eigenvalue weighted by Gasteiger charge is 2.23. The zero-order chi connectivity index (χ0) is 106. The molecule has 0 aromatic heterocycles. The molecule has 0 aliphatic rings. The van der Waals surface area contributed by atoms with E-state index in [1.54, 1.807) is 4.90 Å². The number of urea groups is 1. The molecule has 0 aliphatic carbocycles. The molecular weight excluding hydrogens is 1850 g/mol. The van der Waals surface area contributed by atoms with Gasteiger partial charge < -0.3 is 126 Å². The number of amides is 17. The quantitative estimate of drug-likeness (QED) is 0.0231. The van der Waals surface area contributed by atoms with Gasteiger partial charge in [-0.2, -0.15) is 0 Å². The molecule has 0 aliphatic heterocycles. The molecule has 0 spiro atoms. The zero-order valence-electron chi connectivity index (χ0n) is 87.0. The van der Waals surface area contributed by atoms with Crippen molar-refractivity contribution in [2.75, 3.05) is 249 Å². The van der Waals surface area contributed by atoms with Gasteiger partial charge >= 0.3 is 6.03 Å². The van der Waals surface area contributed by atoms with E-state index in [9.17, 15) is 95.9 Å². The van der Waals surface area contributed by atoms with E-state index in [-0.39, 0.29) is 405 Å². The van der Waals surface area contributed by atoms with Gasteiger partial charge in [0.15, 0.2) is 0 Å². The van der Waals surface area contributed by atoms with Crippen molar-refractivity contribution in [1.82, 2.24) is 119 Å². The highest BCUT2D eigenvalue weighted by atomic mass is 16.2. The average Bonchev–Trinajstić information content (AvgIpc) is 0.931. The van der Waals surface area contributed by atoms with Gasteiger partial charge in [0.1, 0.15) is 23.1 Å². The van der Waals surface area contributed by atoms with E-state index in [1.165, 1.54) is 4.90 Å². The molecule has 0 bridgehead atoms. The topological polar surface area (TPSA) is 609 Å². The number of nitrogens with zero attached hydrogens (tertiary/aromatic N) is 7. The number of hydrogen-bond acceptors (Lipinski definition) is 28. The first kappa shape index (κ1) is 132. The summed E-state index contributed by atoms with van der Waals surface area (Å²) in [4.78, 5) is 270. The summed E-state index contributed by atoms with van der Waals surface area (Å²) in [5, 5.41) is 45.1. The molecule has 20 N–H and O–H groups in total. The van der Waals surface area contributed by atoms with E-state index in [2.05, 4.69) is 91.0 Å². The lowest BCUT2D eigenvalue weighted by Gasteiger charge is -2.24. The summed E-state index contributed by atoms with van der Waals surface area (Å²) in [5.41, 5.74) is 11.2. The van der Waals surface area contributed by atoms with Crippen molar-refractivity contribution in [3.8, 4) is 12.3 Å². The fourth-order valence-corrected chi connectivity index (χ4v) is 14.4. The number of carbonyl (C=O) groups excluding carboxylic acids is 20. The Bertz CT molecular complexity index is 3710. The first-order valence-electron chi connectivity index (χ1n) is 52.1. The molecule has 0 unspecified atom stereocenters. The Hall–Kier alpha value is -10.8. The lowest BCUT2D eigenvalue weighted by molar-refractivity contribution is -0.124. The molecule has 0 aromatic carbocycles. The van der Waals surface area contributed by atoms with Crippen molar-refractivity contribution in [3.05, 3.63) is 0 Å². The Balaban J connectivity index is 6.71. The third kappa shape index (κ3) is 81.3. The van der Waals surface area contributed by atoms with Crippen LogP contribution in [0, 0.1) is 12.3 Å². The first-order chi connectivity index (χ1) is 68.8. The summed E-state index contributed by atoms with van der Waals surface area (Å²) in [6, 6.07) is -0.542. The third-order valence-corrected chi connectivity index (χ3v) is 22.6. The monoisotopic (exact) mass is 2030 g/mol. The fraction of sp³-hybridized carbons (Fsp3) is 0.776. The number of Topliss-reactive ketones (excluding diaryl/α,β-unsaturated/α-hetero) is 4. The number of terminal acetylenes is 1. The number of ketones is 4. The lowest BCUT2D eigenvalue weighted by Crippen LogP contribution is -2.47. The van der Waals surface area contributed by atoms with Crippen molar-refractivity contribution in [1.29, 1.82) is 0 Å². The summed E-state index contributed by atoms with van der Waals surface area (Å²) < 4.78 is 0. The van der Waals surface area contributed by atoms with Crippen molar-refractivity contribution >= 4 is 118 Å². The Morgan fingerprint density at radius 1 is 0.189 bits per heavy atom. The van der Waals surface area contributed by atoms with Crippen LogP contribution in [0.5, 0.6) is 0 Å². The Morgan fingerprint density at radius 2 is 0.378 bits per heavy atom. The second kappa shape index (κ2) is 90.0. The van der Waals surface area contributed by atoms with Crippen LogP contribution >= 0.6 is 0 Å². The van der Waals surface area contributed by atoms with Crippen molar-refractivity contribution in [3.63, 3.8) is 0 Å². The maximum atomic E-state index is 13.7. The van der Waals surface area contributed by atoms with Crippen molar-refractivity contribution in [2.45, 2.75) is 247 Å². The smallest absolute Gasteiger partial charge is 0.317 e. The van der Waals surface area contributed by atoms with Crippen molar-refractivity contribution < 1.29 is 95.9 Å². The fourth-order valence-electron chi connectivity index (χ4n) is 14.4. The van der Waals surface area contributed by atoms with Crippen LogP contribution < -0.4 is 96.5 Å². The van der Waals surface area contributed by atoms with Gasteiger partial charge in [-0.3, -0.25) is 96.0 Å². The predicted molar refractivity (Wildman–Crippen MR) is 548 cm³/mol. The van der Waals surface area contributed by atoms with E-state index in [4.69, 9.17) is 17.9 Å². The molecule has 816 valence electrons. The predicted octanol–water partition coefficient (Wildman–Crippen LogP) is -2.02. The Kier molecular flexibility index (Phi) is 83.3. The van der Waals surface area contributed by atoms with Crippen LogP contribution in [0.2, 0.25) is 0 Å². The molecular formula is C98H179N25O20. The molecule has 0 heterocycles. The van der Waals surface area contributed by atoms with Gasteiger partial charge in [-0.1, -0.05) is 47.5 Å². The summed E-state index contributed by atoms with van der Waals surface area (Å²) >= 11 is 0. The minimum atomic E-state index is -0.542. The van der Waals surface area contributed by atoms with E-state index >= 15 is 0 Å². The SMILES string of the molecule is C#CCN(CCC(=O)NCCN(CCC(=O)NCCN(CCC(=O)NCCN)CCC(=O)NCCCC(=O)CCC)CCC(=O)NCCN(CCC(=O)NCCCC(=O)CCC)CCC(=O)NCCNC(=O)CCC)CCC(=O)NCCN(CCC(=O)NCCN(CCC(=O)CCCC(=O)CCC)CCC(=O)NCCN)CCC(=O)NCCN(CCC(=O)NCCNC(=O)CCC)C(=O)NCCNC(=O)CCC. The summed E-state index contributed by atoms with van der Waals surface area (Å²) in [5.74, 6) is -1.23. The minimum Gasteiger partial charge on any atom is -0.356 e. The average molecular weight is 2030 g/mol. The van der Waals surface area contributed by atoms with E-state index < -0.39 is 11.9 Å². The van der Waals surface area contributed by atoms with Gasteiger partial charge in [-0.15, -0.1) is 6.42 Å². The molecule has 0 rings (SSSR count). The normalized spacial score (nSPS) is 11.0. The van der Waals surface area contributed by atoms with Crippen LogP contribution in [-0.4, -0.2) is 401 Å². The lowest BCUT2D eigenvalue weighted by atomic mass is 10.1.